The zero-order chi connectivity index (χ0) is 12.6. The number of hydrogen-bond donors (Lipinski definition) is 1. The number of fused-ring (bicyclic) bond motifs is 1. The monoisotopic (exact) mass is 240 g/mol. The fourth-order valence-electron chi connectivity index (χ4n) is 3.02. The molecule has 1 amide bonds. The third-order valence-corrected chi connectivity index (χ3v) is 3.75. The first-order valence-corrected chi connectivity index (χ1v) is 6.58. The van der Waals surface area contributed by atoms with Crippen LogP contribution in [-0.2, 0) is 4.74 Å². The fraction of sp³-hybridized carbons (Fsp3) is 0.923. The highest BCUT2D eigenvalue weighted by atomic mass is 16.6. The molecule has 2 fully saturated rings. The zero-order valence-electron chi connectivity index (χ0n) is 11.1. The van der Waals surface area contributed by atoms with Gasteiger partial charge in [0.15, 0.2) is 0 Å². The van der Waals surface area contributed by atoms with Gasteiger partial charge in [-0.05, 0) is 51.9 Å². The summed E-state index contributed by atoms with van der Waals surface area (Å²) in [6, 6.07) is 0.337. The molecule has 0 spiro atoms. The highest BCUT2D eigenvalue weighted by Crippen LogP contribution is 2.37. The van der Waals surface area contributed by atoms with Crippen molar-refractivity contribution in [3.05, 3.63) is 0 Å². The molecule has 4 heteroatoms. The normalized spacial score (nSPS) is 33.4. The van der Waals surface area contributed by atoms with Crippen molar-refractivity contribution in [2.75, 3.05) is 13.1 Å². The number of piperidine rings is 1. The summed E-state index contributed by atoms with van der Waals surface area (Å²) in [6.07, 6.45) is 3.10. The quantitative estimate of drug-likeness (QED) is 0.704. The number of nitrogens with two attached hydrogens (primary N) is 1. The standard InChI is InChI=1S/C13H24N2O2/c1-13(2,3)17-12(16)15-5-4-9-6-11(14)7-10(9)8-15/h9-11H,4-8,14H2,1-3H3/t9-,10-,11?/m1/s1. The molecule has 0 aromatic rings. The van der Waals surface area contributed by atoms with Crippen molar-refractivity contribution < 1.29 is 9.53 Å². The molecule has 1 saturated carbocycles. The van der Waals surface area contributed by atoms with Gasteiger partial charge in [0, 0.05) is 19.1 Å². The molecule has 17 heavy (non-hydrogen) atoms. The summed E-state index contributed by atoms with van der Waals surface area (Å²) in [5.41, 5.74) is 5.58. The van der Waals surface area contributed by atoms with Crippen LogP contribution in [-0.4, -0.2) is 35.7 Å². The van der Waals surface area contributed by atoms with Gasteiger partial charge in [-0.1, -0.05) is 0 Å². The zero-order valence-corrected chi connectivity index (χ0v) is 11.1. The Hall–Kier alpha value is -0.770. The summed E-state index contributed by atoms with van der Waals surface area (Å²) in [4.78, 5) is 13.8. The van der Waals surface area contributed by atoms with Gasteiger partial charge in [-0.3, -0.25) is 0 Å². The number of nitrogens with zero attached hydrogens (tertiary/aromatic N) is 1. The molecule has 2 rings (SSSR count). The van der Waals surface area contributed by atoms with Crippen LogP contribution < -0.4 is 5.73 Å². The van der Waals surface area contributed by atoms with E-state index < -0.39 is 5.60 Å². The van der Waals surface area contributed by atoms with E-state index in [-0.39, 0.29) is 6.09 Å². The van der Waals surface area contributed by atoms with E-state index in [1.165, 1.54) is 0 Å². The molecule has 0 aromatic carbocycles. The number of amides is 1. The van der Waals surface area contributed by atoms with Crippen LogP contribution in [0, 0.1) is 11.8 Å². The van der Waals surface area contributed by atoms with Gasteiger partial charge >= 0.3 is 6.09 Å². The lowest BCUT2D eigenvalue weighted by Crippen LogP contribution is -2.44. The molecule has 1 saturated heterocycles. The average Bonchev–Trinajstić information content (AvgIpc) is 2.53. The van der Waals surface area contributed by atoms with E-state index in [1.807, 2.05) is 25.7 Å². The molecule has 4 nitrogen and oxygen atoms in total. The van der Waals surface area contributed by atoms with Gasteiger partial charge in [0.1, 0.15) is 5.60 Å². The lowest BCUT2D eigenvalue weighted by Gasteiger charge is -2.35. The minimum Gasteiger partial charge on any atom is -0.444 e. The van der Waals surface area contributed by atoms with E-state index in [2.05, 4.69) is 0 Å². The Morgan fingerprint density at radius 2 is 1.94 bits per heavy atom. The van der Waals surface area contributed by atoms with Crippen molar-refractivity contribution >= 4 is 6.09 Å². The largest absolute Gasteiger partial charge is 0.444 e. The summed E-state index contributed by atoms with van der Waals surface area (Å²) < 4.78 is 5.41. The smallest absolute Gasteiger partial charge is 0.410 e. The molecule has 3 atom stereocenters. The van der Waals surface area contributed by atoms with Crippen LogP contribution in [0.1, 0.15) is 40.0 Å². The van der Waals surface area contributed by atoms with Crippen molar-refractivity contribution in [1.82, 2.24) is 4.90 Å². The Balaban J connectivity index is 1.90. The first-order valence-electron chi connectivity index (χ1n) is 6.58. The molecule has 98 valence electrons. The van der Waals surface area contributed by atoms with Crippen molar-refractivity contribution in [2.45, 2.75) is 51.7 Å². The molecule has 1 aliphatic carbocycles. The van der Waals surface area contributed by atoms with Gasteiger partial charge in [-0.25, -0.2) is 4.79 Å². The second-order valence-corrected chi connectivity index (χ2v) is 6.47. The lowest BCUT2D eigenvalue weighted by molar-refractivity contribution is 0.0127. The van der Waals surface area contributed by atoms with Crippen LogP contribution in [0.25, 0.3) is 0 Å². The maximum absolute atomic E-state index is 12.0. The van der Waals surface area contributed by atoms with E-state index in [9.17, 15) is 4.79 Å². The average molecular weight is 240 g/mol. The lowest BCUT2D eigenvalue weighted by atomic mass is 9.89. The number of carbonyl (C=O) groups excluding carboxylic acids is 1. The predicted octanol–water partition coefficient (Wildman–Crippen LogP) is 1.98. The summed E-state index contributed by atoms with van der Waals surface area (Å²) in [5, 5.41) is 0. The van der Waals surface area contributed by atoms with Gasteiger partial charge in [-0.2, -0.15) is 0 Å². The van der Waals surface area contributed by atoms with Crippen molar-refractivity contribution in [3.63, 3.8) is 0 Å². The van der Waals surface area contributed by atoms with Crippen LogP contribution in [0.3, 0.4) is 0 Å². The fourth-order valence-corrected chi connectivity index (χ4v) is 3.02. The van der Waals surface area contributed by atoms with Gasteiger partial charge in [-0.15, -0.1) is 0 Å². The highest BCUT2D eigenvalue weighted by molar-refractivity contribution is 5.68. The Bertz CT molecular complexity index is 298. The molecule has 1 unspecified atom stereocenters. The Kier molecular flexibility index (Phi) is 3.34. The van der Waals surface area contributed by atoms with E-state index in [1.54, 1.807) is 0 Å². The van der Waals surface area contributed by atoms with Gasteiger partial charge in [0.25, 0.3) is 0 Å². The second-order valence-electron chi connectivity index (χ2n) is 6.47. The van der Waals surface area contributed by atoms with Crippen molar-refractivity contribution in [3.8, 4) is 0 Å². The van der Waals surface area contributed by atoms with E-state index in [0.717, 1.165) is 38.3 Å². The second kappa shape index (κ2) is 4.48. The molecule has 0 aromatic heterocycles. The maximum Gasteiger partial charge on any atom is 0.410 e. The number of carbonyl (C=O) groups is 1. The first-order chi connectivity index (χ1) is 7.85. The van der Waals surface area contributed by atoms with Crippen LogP contribution in [0.4, 0.5) is 4.79 Å². The highest BCUT2D eigenvalue weighted by Gasteiger charge is 2.38. The van der Waals surface area contributed by atoms with Crippen LogP contribution in [0.2, 0.25) is 0 Å². The minimum absolute atomic E-state index is 0.170. The number of rotatable bonds is 0. The maximum atomic E-state index is 12.0. The summed E-state index contributed by atoms with van der Waals surface area (Å²) in [6.45, 7) is 7.37. The summed E-state index contributed by atoms with van der Waals surface area (Å²) in [7, 11) is 0. The molecule has 2 aliphatic rings. The van der Waals surface area contributed by atoms with Gasteiger partial charge < -0.3 is 15.4 Å². The Labute approximate surface area is 103 Å². The van der Waals surface area contributed by atoms with Crippen LogP contribution in [0.15, 0.2) is 0 Å². The molecule has 2 N–H and O–H groups in total. The van der Waals surface area contributed by atoms with E-state index in [0.29, 0.717) is 12.0 Å². The Morgan fingerprint density at radius 3 is 2.59 bits per heavy atom. The third-order valence-electron chi connectivity index (χ3n) is 3.75. The Morgan fingerprint density at radius 1 is 1.29 bits per heavy atom. The van der Waals surface area contributed by atoms with Crippen molar-refractivity contribution in [2.24, 2.45) is 17.6 Å². The molecule has 1 heterocycles. The van der Waals surface area contributed by atoms with Crippen LogP contribution >= 0.6 is 0 Å². The van der Waals surface area contributed by atoms with E-state index >= 15 is 0 Å². The van der Waals surface area contributed by atoms with Crippen LogP contribution in [0.5, 0.6) is 0 Å². The van der Waals surface area contributed by atoms with Gasteiger partial charge in [0.05, 0.1) is 0 Å². The molecule has 0 radical (unpaired) electrons. The molecule has 1 aliphatic heterocycles. The van der Waals surface area contributed by atoms with Gasteiger partial charge in [0.2, 0.25) is 0 Å². The SMILES string of the molecule is CC(C)(C)OC(=O)N1CC[C@@H]2CC(N)C[C@@H]2C1. The van der Waals surface area contributed by atoms with E-state index in [4.69, 9.17) is 10.5 Å². The van der Waals surface area contributed by atoms with Crippen molar-refractivity contribution in [1.29, 1.82) is 0 Å². The minimum atomic E-state index is -0.403. The number of likely N-dealkylation sites (tertiary alicyclic amines) is 1. The molecular formula is C13H24N2O2. The predicted molar refractivity (Wildman–Crippen MR) is 66.6 cm³/mol. The molecular weight excluding hydrogens is 216 g/mol. The topological polar surface area (TPSA) is 55.6 Å². The number of ether oxygens (including phenoxy) is 1. The summed E-state index contributed by atoms with van der Waals surface area (Å²) in [5.74, 6) is 1.31. The number of hydrogen-bond acceptors (Lipinski definition) is 3. The first kappa shape index (κ1) is 12.7. The molecule has 0 bridgehead atoms. The third kappa shape index (κ3) is 3.12. The summed E-state index contributed by atoms with van der Waals surface area (Å²) >= 11 is 0.